The Morgan fingerprint density at radius 3 is 2.41 bits per heavy atom. The monoisotopic (exact) mass is 477 g/mol. The Balaban J connectivity index is 1.36. The van der Waals surface area contributed by atoms with E-state index in [9.17, 15) is 14.4 Å². The van der Waals surface area contributed by atoms with Gasteiger partial charge in [-0.2, -0.15) is 0 Å². The van der Waals surface area contributed by atoms with Crippen LogP contribution in [-0.4, -0.2) is 34.2 Å². The molecule has 4 rings (SSSR count). The average Bonchev–Trinajstić information content (AvgIpc) is 3.47. The smallest absolute Gasteiger partial charge is 0.338 e. The molecule has 3 aromatic rings. The number of aryl methyl sites for hydroxylation is 1. The van der Waals surface area contributed by atoms with Gasteiger partial charge in [-0.1, -0.05) is 31.2 Å². The molecule has 0 bridgehead atoms. The summed E-state index contributed by atoms with van der Waals surface area (Å²) in [5.74, 6) is -0.415. The van der Waals surface area contributed by atoms with E-state index in [1.54, 1.807) is 22.4 Å². The number of benzene rings is 2. The summed E-state index contributed by atoms with van der Waals surface area (Å²) in [5.41, 5.74) is 3.93. The molecule has 2 aromatic carbocycles. The topological polar surface area (TPSA) is 79.8 Å². The van der Waals surface area contributed by atoms with Crippen molar-refractivity contribution in [2.24, 2.45) is 0 Å². The maximum atomic E-state index is 12.5. The van der Waals surface area contributed by atoms with Crippen molar-refractivity contribution in [2.75, 3.05) is 11.4 Å². The Kier molecular flexibility index (Phi) is 7.37. The highest BCUT2D eigenvalue weighted by molar-refractivity contribution is 7.14. The zero-order valence-corrected chi connectivity index (χ0v) is 20.1. The molecule has 0 aliphatic carbocycles. The van der Waals surface area contributed by atoms with Gasteiger partial charge < -0.3 is 9.64 Å². The van der Waals surface area contributed by atoms with Crippen molar-refractivity contribution in [3.63, 3.8) is 0 Å². The molecule has 1 aromatic heterocycles. The van der Waals surface area contributed by atoms with Crippen LogP contribution < -0.4 is 4.90 Å². The number of hydrogen-bond acceptors (Lipinski definition) is 6. The van der Waals surface area contributed by atoms with E-state index in [0.29, 0.717) is 29.4 Å². The molecule has 0 N–H and O–H groups in total. The van der Waals surface area contributed by atoms with Crippen molar-refractivity contribution in [1.29, 1.82) is 0 Å². The van der Waals surface area contributed by atoms with Crippen molar-refractivity contribution >= 4 is 39.9 Å². The molecule has 34 heavy (non-hydrogen) atoms. The number of esters is 1. The lowest BCUT2D eigenvalue weighted by atomic mass is 10.1. The highest BCUT2D eigenvalue weighted by Gasteiger charge is 2.21. The quantitative estimate of drug-likeness (QED) is 0.433. The highest BCUT2D eigenvalue weighted by atomic mass is 32.1. The highest BCUT2D eigenvalue weighted by Crippen LogP contribution is 2.29. The third-order valence-corrected chi connectivity index (χ3v) is 6.61. The number of amides is 2. The SMILES string of the molecule is CCc1ccc(N(C(C)=O)c2nc(COC(=O)c3ccc(CN4CCCC4=O)cc3)cs2)cc1. The van der Waals surface area contributed by atoms with E-state index in [1.165, 1.54) is 23.8 Å². The maximum absolute atomic E-state index is 12.5. The van der Waals surface area contributed by atoms with Gasteiger partial charge in [0.05, 0.1) is 16.9 Å². The van der Waals surface area contributed by atoms with Gasteiger partial charge in [0.15, 0.2) is 5.13 Å². The molecule has 0 radical (unpaired) electrons. The van der Waals surface area contributed by atoms with Crippen molar-refractivity contribution in [2.45, 2.75) is 46.3 Å². The van der Waals surface area contributed by atoms with Crippen LogP contribution in [0, 0.1) is 0 Å². The van der Waals surface area contributed by atoms with Gasteiger partial charge in [0.2, 0.25) is 11.8 Å². The lowest BCUT2D eigenvalue weighted by Gasteiger charge is -2.18. The zero-order chi connectivity index (χ0) is 24.1. The van der Waals surface area contributed by atoms with E-state index in [4.69, 9.17) is 4.74 Å². The second-order valence-electron chi connectivity index (χ2n) is 8.19. The van der Waals surface area contributed by atoms with E-state index in [0.717, 1.165) is 30.6 Å². The van der Waals surface area contributed by atoms with E-state index in [2.05, 4.69) is 11.9 Å². The molecule has 8 heteroatoms. The molecule has 0 saturated carbocycles. The Morgan fingerprint density at radius 1 is 1.09 bits per heavy atom. The van der Waals surface area contributed by atoms with Gasteiger partial charge >= 0.3 is 5.97 Å². The number of rotatable bonds is 8. The third kappa shape index (κ3) is 5.51. The summed E-state index contributed by atoms with van der Waals surface area (Å²) in [4.78, 5) is 44.5. The molecule has 176 valence electrons. The largest absolute Gasteiger partial charge is 0.456 e. The fourth-order valence-electron chi connectivity index (χ4n) is 3.83. The Morgan fingerprint density at radius 2 is 1.79 bits per heavy atom. The molecule has 0 atom stereocenters. The Hall–Kier alpha value is -3.52. The van der Waals surface area contributed by atoms with E-state index in [1.807, 2.05) is 41.3 Å². The van der Waals surface area contributed by atoms with Gasteiger partial charge in [-0.05, 0) is 48.2 Å². The van der Waals surface area contributed by atoms with Gasteiger partial charge in [-0.3, -0.25) is 14.5 Å². The standard InChI is InChI=1S/C26H27N3O4S/c1-3-19-8-12-23(13-9-19)29(18(2)30)26-27-22(17-34-26)16-33-25(32)21-10-6-20(7-11-21)15-28-14-4-5-24(28)31/h6-13,17H,3-5,14-16H2,1-2H3. The average molecular weight is 478 g/mol. The van der Waals surface area contributed by atoms with E-state index >= 15 is 0 Å². The van der Waals surface area contributed by atoms with Crippen LogP contribution in [-0.2, 0) is 33.9 Å². The van der Waals surface area contributed by atoms with Gasteiger partial charge in [0.1, 0.15) is 6.61 Å². The molecule has 0 unspecified atom stereocenters. The maximum Gasteiger partial charge on any atom is 0.338 e. The molecular formula is C26H27N3O4S. The summed E-state index contributed by atoms with van der Waals surface area (Å²) in [6, 6.07) is 14.9. The number of carbonyl (C=O) groups excluding carboxylic acids is 3. The molecule has 1 aliphatic heterocycles. The van der Waals surface area contributed by atoms with Crippen molar-refractivity contribution in [1.82, 2.24) is 9.88 Å². The summed E-state index contributed by atoms with van der Waals surface area (Å²) in [6.45, 7) is 4.93. The second-order valence-corrected chi connectivity index (χ2v) is 9.02. The molecule has 2 heterocycles. The zero-order valence-electron chi connectivity index (χ0n) is 19.3. The predicted octanol–water partition coefficient (Wildman–Crippen LogP) is 4.87. The van der Waals surface area contributed by atoms with Crippen LogP contribution in [0.5, 0.6) is 0 Å². The Labute approximate surface area is 203 Å². The van der Waals surface area contributed by atoms with Gasteiger partial charge in [-0.15, -0.1) is 11.3 Å². The number of thiazole rings is 1. The van der Waals surface area contributed by atoms with Crippen LogP contribution in [0.25, 0.3) is 0 Å². The summed E-state index contributed by atoms with van der Waals surface area (Å²) >= 11 is 1.33. The second kappa shape index (κ2) is 10.6. The summed E-state index contributed by atoms with van der Waals surface area (Å²) < 4.78 is 5.43. The van der Waals surface area contributed by atoms with E-state index in [-0.39, 0.29) is 18.4 Å². The number of nitrogens with zero attached hydrogens (tertiary/aromatic N) is 3. The van der Waals surface area contributed by atoms with Crippen LogP contribution in [0.2, 0.25) is 0 Å². The first-order chi connectivity index (χ1) is 16.4. The molecule has 1 fully saturated rings. The molecule has 1 saturated heterocycles. The number of anilines is 2. The fraction of sp³-hybridized carbons (Fsp3) is 0.308. The Bertz CT molecular complexity index is 1170. The summed E-state index contributed by atoms with van der Waals surface area (Å²) in [6.07, 6.45) is 2.43. The number of carbonyl (C=O) groups is 3. The van der Waals surface area contributed by atoms with Gasteiger partial charge in [0, 0.05) is 31.8 Å². The van der Waals surface area contributed by atoms with Crippen LogP contribution in [0.1, 0.15) is 53.9 Å². The lowest BCUT2D eigenvalue weighted by molar-refractivity contribution is -0.128. The summed E-state index contributed by atoms with van der Waals surface area (Å²) in [7, 11) is 0. The number of likely N-dealkylation sites (tertiary alicyclic amines) is 1. The number of hydrogen-bond donors (Lipinski definition) is 0. The van der Waals surface area contributed by atoms with E-state index < -0.39 is 5.97 Å². The fourth-order valence-corrected chi connectivity index (χ4v) is 4.71. The van der Waals surface area contributed by atoms with Crippen molar-refractivity contribution in [3.8, 4) is 0 Å². The molecule has 7 nitrogen and oxygen atoms in total. The number of ether oxygens (including phenoxy) is 1. The third-order valence-electron chi connectivity index (χ3n) is 5.73. The van der Waals surface area contributed by atoms with Gasteiger partial charge in [-0.25, -0.2) is 9.78 Å². The summed E-state index contributed by atoms with van der Waals surface area (Å²) in [5, 5.41) is 2.32. The molecule has 0 spiro atoms. The first-order valence-corrected chi connectivity index (χ1v) is 12.2. The minimum Gasteiger partial charge on any atom is -0.456 e. The normalized spacial score (nSPS) is 13.2. The molecule has 2 amide bonds. The molecule has 1 aliphatic rings. The van der Waals surface area contributed by atoms with Crippen LogP contribution in [0.15, 0.2) is 53.9 Å². The number of aromatic nitrogens is 1. The predicted molar refractivity (Wildman–Crippen MR) is 131 cm³/mol. The molecular weight excluding hydrogens is 450 g/mol. The van der Waals surface area contributed by atoms with Crippen molar-refractivity contribution in [3.05, 3.63) is 76.3 Å². The van der Waals surface area contributed by atoms with Crippen LogP contribution in [0.4, 0.5) is 10.8 Å². The van der Waals surface area contributed by atoms with Crippen LogP contribution in [0.3, 0.4) is 0 Å². The first-order valence-electron chi connectivity index (χ1n) is 11.3. The van der Waals surface area contributed by atoms with Crippen molar-refractivity contribution < 1.29 is 19.1 Å². The van der Waals surface area contributed by atoms with Gasteiger partial charge in [0.25, 0.3) is 0 Å². The minimum atomic E-state index is -0.447. The minimum absolute atomic E-state index is 0.0138. The first kappa shape index (κ1) is 23.6. The lowest BCUT2D eigenvalue weighted by Crippen LogP contribution is -2.23. The van der Waals surface area contributed by atoms with Crippen LogP contribution >= 0.6 is 11.3 Å².